The van der Waals surface area contributed by atoms with Crippen molar-refractivity contribution < 1.29 is 0 Å². The number of fused-ring (bicyclic) bond motifs is 1. The van der Waals surface area contributed by atoms with Gasteiger partial charge >= 0.3 is 0 Å². The molecular formula is C25H22N6. The molecule has 2 aromatic heterocycles. The zero-order valence-corrected chi connectivity index (χ0v) is 17.3. The standard InChI is InChI=1S/C25H22N6/c1-2-30-22-16-10-9-15-21(22)23(24(30)20-13-7-4-8-14-20)28-29-25-26-18-27-31(25)17-19-11-5-3-6-12-19/h3-16,18H,2,17H2,1H3. The SMILES string of the molecule is CCn1c(-c2ccccc2)c(N=Nc2ncnn2Cc2ccccc2)c2ccccc21. The fourth-order valence-corrected chi connectivity index (χ4v) is 3.90. The Kier molecular flexibility index (Phi) is 5.10. The van der Waals surface area contributed by atoms with E-state index in [9.17, 15) is 0 Å². The highest BCUT2D eigenvalue weighted by molar-refractivity contribution is 6.00. The second-order valence-electron chi connectivity index (χ2n) is 7.23. The lowest BCUT2D eigenvalue weighted by molar-refractivity contribution is 0.684. The van der Waals surface area contributed by atoms with Crippen LogP contribution in [0.25, 0.3) is 22.2 Å². The summed E-state index contributed by atoms with van der Waals surface area (Å²) < 4.78 is 4.05. The number of aryl methyl sites for hydroxylation is 1. The van der Waals surface area contributed by atoms with Gasteiger partial charge in [0, 0.05) is 17.5 Å². The van der Waals surface area contributed by atoms with Crippen molar-refractivity contribution in [3.05, 3.63) is 96.8 Å². The van der Waals surface area contributed by atoms with Gasteiger partial charge in [0.1, 0.15) is 12.0 Å². The van der Waals surface area contributed by atoms with Crippen molar-refractivity contribution in [2.45, 2.75) is 20.0 Å². The van der Waals surface area contributed by atoms with Gasteiger partial charge in [0.25, 0.3) is 5.95 Å². The van der Waals surface area contributed by atoms with Gasteiger partial charge in [-0.15, -0.1) is 10.2 Å². The molecule has 0 N–H and O–H groups in total. The van der Waals surface area contributed by atoms with Crippen LogP contribution in [0.3, 0.4) is 0 Å². The third-order valence-corrected chi connectivity index (χ3v) is 5.32. The van der Waals surface area contributed by atoms with Crippen LogP contribution in [0.2, 0.25) is 0 Å². The first-order valence-electron chi connectivity index (χ1n) is 10.3. The van der Waals surface area contributed by atoms with Crippen molar-refractivity contribution in [2.75, 3.05) is 0 Å². The summed E-state index contributed by atoms with van der Waals surface area (Å²) in [6, 6.07) is 28.8. The number of rotatable bonds is 6. The normalized spacial score (nSPS) is 11.5. The highest BCUT2D eigenvalue weighted by Gasteiger charge is 2.18. The summed E-state index contributed by atoms with van der Waals surface area (Å²) in [5.74, 6) is 0.483. The van der Waals surface area contributed by atoms with Gasteiger partial charge in [-0.1, -0.05) is 78.9 Å². The van der Waals surface area contributed by atoms with Crippen LogP contribution >= 0.6 is 0 Å². The molecular weight excluding hydrogens is 384 g/mol. The lowest BCUT2D eigenvalue weighted by Crippen LogP contribution is -2.00. The summed E-state index contributed by atoms with van der Waals surface area (Å²) in [6.07, 6.45) is 1.52. The van der Waals surface area contributed by atoms with Gasteiger partial charge in [0.15, 0.2) is 0 Å². The third-order valence-electron chi connectivity index (χ3n) is 5.32. The van der Waals surface area contributed by atoms with Gasteiger partial charge in [-0.25, -0.2) is 4.68 Å². The molecule has 3 aromatic carbocycles. The van der Waals surface area contributed by atoms with Gasteiger partial charge in [0.05, 0.1) is 17.8 Å². The maximum Gasteiger partial charge on any atom is 0.267 e. The molecule has 0 fully saturated rings. The van der Waals surface area contributed by atoms with Crippen molar-refractivity contribution in [1.82, 2.24) is 19.3 Å². The third kappa shape index (κ3) is 3.64. The molecule has 6 nitrogen and oxygen atoms in total. The first-order chi connectivity index (χ1) is 15.3. The van der Waals surface area contributed by atoms with Crippen LogP contribution < -0.4 is 0 Å². The number of hydrogen-bond donors (Lipinski definition) is 0. The number of nitrogens with zero attached hydrogens (tertiary/aromatic N) is 6. The minimum atomic E-state index is 0.483. The molecule has 2 heterocycles. The summed E-state index contributed by atoms with van der Waals surface area (Å²) >= 11 is 0. The lowest BCUT2D eigenvalue weighted by Gasteiger charge is -2.08. The summed E-state index contributed by atoms with van der Waals surface area (Å²) in [4.78, 5) is 4.32. The molecule has 0 unspecified atom stereocenters. The van der Waals surface area contributed by atoms with E-state index in [1.165, 1.54) is 6.33 Å². The number of para-hydroxylation sites is 1. The van der Waals surface area contributed by atoms with E-state index in [4.69, 9.17) is 5.11 Å². The molecule has 0 atom stereocenters. The molecule has 5 rings (SSSR count). The highest BCUT2D eigenvalue weighted by Crippen LogP contribution is 2.40. The second kappa shape index (κ2) is 8.36. The fraction of sp³-hybridized carbons (Fsp3) is 0.120. The first kappa shape index (κ1) is 18.9. The average molecular weight is 406 g/mol. The Morgan fingerprint density at radius 2 is 1.52 bits per heavy atom. The van der Waals surface area contributed by atoms with Gasteiger partial charge in [0.2, 0.25) is 0 Å². The van der Waals surface area contributed by atoms with Crippen LogP contribution in [-0.4, -0.2) is 19.3 Å². The van der Waals surface area contributed by atoms with Gasteiger partial charge in [-0.2, -0.15) is 10.1 Å². The minimum absolute atomic E-state index is 0.483. The number of aromatic nitrogens is 4. The van der Waals surface area contributed by atoms with Crippen molar-refractivity contribution in [3.8, 4) is 11.3 Å². The van der Waals surface area contributed by atoms with Crippen molar-refractivity contribution in [1.29, 1.82) is 0 Å². The molecule has 31 heavy (non-hydrogen) atoms. The molecule has 0 saturated carbocycles. The van der Waals surface area contributed by atoms with E-state index in [2.05, 4.69) is 69.2 Å². The van der Waals surface area contributed by atoms with Crippen molar-refractivity contribution in [3.63, 3.8) is 0 Å². The molecule has 0 spiro atoms. The predicted octanol–water partition coefficient (Wildman–Crippen LogP) is 6.38. The quantitative estimate of drug-likeness (QED) is 0.307. The number of azo groups is 1. The van der Waals surface area contributed by atoms with E-state index in [1.54, 1.807) is 4.68 Å². The van der Waals surface area contributed by atoms with Gasteiger partial charge in [-0.3, -0.25) is 0 Å². The lowest BCUT2D eigenvalue weighted by atomic mass is 10.1. The largest absolute Gasteiger partial charge is 0.339 e. The minimum Gasteiger partial charge on any atom is -0.339 e. The van der Waals surface area contributed by atoms with Crippen LogP contribution in [0.4, 0.5) is 11.6 Å². The highest BCUT2D eigenvalue weighted by atomic mass is 15.4. The Labute approximate surface area is 180 Å². The topological polar surface area (TPSA) is 60.4 Å². The monoisotopic (exact) mass is 406 g/mol. The maximum atomic E-state index is 4.70. The molecule has 152 valence electrons. The molecule has 6 heteroatoms. The van der Waals surface area contributed by atoms with Gasteiger partial charge < -0.3 is 4.57 Å². The Morgan fingerprint density at radius 1 is 0.806 bits per heavy atom. The molecule has 0 aliphatic heterocycles. The first-order valence-corrected chi connectivity index (χ1v) is 10.3. The van der Waals surface area contributed by atoms with E-state index >= 15 is 0 Å². The molecule has 5 aromatic rings. The van der Waals surface area contributed by atoms with E-state index in [0.29, 0.717) is 12.5 Å². The molecule has 0 aliphatic carbocycles. The molecule has 0 radical (unpaired) electrons. The van der Waals surface area contributed by atoms with Crippen LogP contribution in [0.1, 0.15) is 12.5 Å². The van der Waals surface area contributed by atoms with Crippen LogP contribution in [0.5, 0.6) is 0 Å². The van der Waals surface area contributed by atoms with E-state index in [-0.39, 0.29) is 0 Å². The van der Waals surface area contributed by atoms with E-state index in [0.717, 1.165) is 40.0 Å². The Hall–Kier alpha value is -4.06. The van der Waals surface area contributed by atoms with Crippen LogP contribution in [0, 0.1) is 0 Å². The Bertz CT molecular complexity index is 1330. The smallest absolute Gasteiger partial charge is 0.267 e. The summed E-state index contributed by atoms with van der Waals surface area (Å²) in [6.45, 7) is 3.58. The summed E-state index contributed by atoms with van der Waals surface area (Å²) in [7, 11) is 0. The zero-order valence-electron chi connectivity index (χ0n) is 17.3. The molecule has 0 aliphatic rings. The van der Waals surface area contributed by atoms with E-state index < -0.39 is 0 Å². The Morgan fingerprint density at radius 3 is 2.29 bits per heavy atom. The van der Waals surface area contributed by atoms with Gasteiger partial charge in [-0.05, 0) is 18.6 Å². The maximum absolute atomic E-state index is 4.70. The molecule has 0 amide bonds. The summed E-state index contributed by atoms with van der Waals surface area (Å²) in [5.41, 5.74) is 5.29. The predicted molar refractivity (Wildman–Crippen MR) is 123 cm³/mol. The number of hydrogen-bond acceptors (Lipinski definition) is 4. The van der Waals surface area contributed by atoms with Crippen LogP contribution in [-0.2, 0) is 13.1 Å². The number of benzene rings is 3. The average Bonchev–Trinajstić information content (AvgIpc) is 3.40. The fourth-order valence-electron chi connectivity index (χ4n) is 3.90. The molecule has 0 bridgehead atoms. The Balaban J connectivity index is 1.61. The van der Waals surface area contributed by atoms with Crippen molar-refractivity contribution >= 4 is 22.5 Å². The van der Waals surface area contributed by atoms with E-state index in [1.807, 2.05) is 42.5 Å². The van der Waals surface area contributed by atoms with Crippen LogP contribution in [0.15, 0.2) is 101 Å². The second-order valence-corrected chi connectivity index (χ2v) is 7.23. The zero-order chi connectivity index (χ0) is 21.0. The summed E-state index contributed by atoms with van der Waals surface area (Å²) in [5, 5.41) is 14.6. The molecule has 0 saturated heterocycles. The van der Waals surface area contributed by atoms with Crippen molar-refractivity contribution in [2.24, 2.45) is 10.2 Å².